The van der Waals surface area contributed by atoms with Gasteiger partial charge in [0.2, 0.25) is 5.91 Å². The van der Waals surface area contributed by atoms with E-state index in [1.807, 2.05) is 17.0 Å². The number of hydrogen-bond acceptors (Lipinski definition) is 3. The molecule has 1 amide bonds. The van der Waals surface area contributed by atoms with Gasteiger partial charge in [-0.05, 0) is 37.3 Å². The summed E-state index contributed by atoms with van der Waals surface area (Å²) in [5.41, 5.74) is 4.70. The molecular formula is C26H27N3O2. The van der Waals surface area contributed by atoms with Crippen LogP contribution in [0.4, 0.5) is 0 Å². The number of hydrogen-bond donors (Lipinski definition) is 1. The molecule has 1 aliphatic rings. The highest BCUT2D eigenvalue weighted by atomic mass is 16.4. The third-order valence-electron chi connectivity index (χ3n) is 6.28. The van der Waals surface area contributed by atoms with Gasteiger partial charge in [-0.15, -0.1) is 0 Å². The van der Waals surface area contributed by atoms with Gasteiger partial charge < -0.3 is 14.3 Å². The van der Waals surface area contributed by atoms with E-state index < -0.39 is 0 Å². The Labute approximate surface area is 182 Å². The largest absolute Gasteiger partial charge is 0.441 e. The van der Waals surface area contributed by atoms with Crippen LogP contribution in [-0.4, -0.2) is 33.9 Å². The van der Waals surface area contributed by atoms with Crippen LogP contribution in [0.15, 0.2) is 65.2 Å². The third kappa shape index (κ3) is 4.26. The summed E-state index contributed by atoms with van der Waals surface area (Å²) in [6.07, 6.45) is 4.71. The summed E-state index contributed by atoms with van der Waals surface area (Å²) in [7, 11) is 0. The molecule has 158 valence electrons. The Hall–Kier alpha value is -3.34. The Kier molecular flexibility index (Phi) is 5.33. The van der Waals surface area contributed by atoms with E-state index in [1.165, 1.54) is 22.2 Å². The SMILES string of the molecule is Cc1ccc(-c2cnc(CCC(=O)N3CCC(c4cc5ccccc5[nH]4)CC3)o2)cc1. The highest BCUT2D eigenvalue weighted by Gasteiger charge is 2.25. The molecule has 0 radical (unpaired) electrons. The number of carbonyl (C=O) groups excluding carboxylic acids is 1. The van der Waals surface area contributed by atoms with Crippen molar-refractivity contribution < 1.29 is 9.21 Å². The molecule has 1 aliphatic heterocycles. The molecule has 3 heterocycles. The van der Waals surface area contributed by atoms with Crippen molar-refractivity contribution >= 4 is 16.8 Å². The summed E-state index contributed by atoms with van der Waals surface area (Å²) in [4.78, 5) is 22.6. The fourth-order valence-electron chi connectivity index (χ4n) is 4.40. The van der Waals surface area contributed by atoms with Crippen molar-refractivity contribution in [3.63, 3.8) is 0 Å². The van der Waals surface area contributed by atoms with Crippen LogP contribution >= 0.6 is 0 Å². The zero-order valence-electron chi connectivity index (χ0n) is 17.8. The Morgan fingerprint density at radius 1 is 1.13 bits per heavy atom. The lowest BCUT2D eigenvalue weighted by Crippen LogP contribution is -2.38. The number of para-hydroxylation sites is 1. The average molecular weight is 414 g/mol. The summed E-state index contributed by atoms with van der Waals surface area (Å²) >= 11 is 0. The fraction of sp³-hybridized carbons (Fsp3) is 0.308. The fourth-order valence-corrected chi connectivity index (χ4v) is 4.40. The van der Waals surface area contributed by atoms with Crippen LogP contribution < -0.4 is 0 Å². The minimum absolute atomic E-state index is 0.185. The summed E-state index contributed by atoms with van der Waals surface area (Å²) in [6, 6.07) is 18.8. The number of benzene rings is 2. The number of aryl methyl sites for hydroxylation is 2. The van der Waals surface area contributed by atoms with Crippen LogP contribution in [0.25, 0.3) is 22.2 Å². The predicted octanol–water partition coefficient (Wildman–Crippen LogP) is 5.47. The van der Waals surface area contributed by atoms with E-state index in [4.69, 9.17) is 4.42 Å². The van der Waals surface area contributed by atoms with Gasteiger partial charge in [0, 0.05) is 48.6 Å². The standard InChI is InChI=1S/C26H27N3O2/c1-18-6-8-20(9-7-18)24-17-27-25(31-24)10-11-26(30)29-14-12-19(13-15-29)23-16-21-4-2-3-5-22(21)28-23/h2-9,16-17,19,28H,10-15H2,1H3. The highest BCUT2D eigenvalue weighted by molar-refractivity contribution is 5.80. The van der Waals surface area contributed by atoms with Crippen LogP contribution in [0.3, 0.4) is 0 Å². The van der Waals surface area contributed by atoms with Crippen molar-refractivity contribution in [2.24, 2.45) is 0 Å². The maximum atomic E-state index is 12.7. The summed E-state index contributed by atoms with van der Waals surface area (Å²) < 4.78 is 5.87. The van der Waals surface area contributed by atoms with Gasteiger partial charge in [0.25, 0.3) is 0 Å². The first kappa shape index (κ1) is 19.6. The molecule has 5 nitrogen and oxygen atoms in total. The summed E-state index contributed by atoms with van der Waals surface area (Å²) in [5, 5.41) is 1.26. The third-order valence-corrected chi connectivity index (χ3v) is 6.28. The number of nitrogens with one attached hydrogen (secondary N) is 1. The minimum Gasteiger partial charge on any atom is -0.441 e. The molecule has 31 heavy (non-hydrogen) atoms. The molecule has 5 rings (SSSR count). The second kappa shape index (κ2) is 8.42. The lowest BCUT2D eigenvalue weighted by molar-refractivity contribution is -0.132. The van der Waals surface area contributed by atoms with Gasteiger partial charge in [0.1, 0.15) is 0 Å². The van der Waals surface area contributed by atoms with Crippen LogP contribution in [0.5, 0.6) is 0 Å². The number of H-pyrrole nitrogens is 1. The van der Waals surface area contributed by atoms with Crippen LogP contribution in [0.2, 0.25) is 0 Å². The molecule has 4 aromatic rings. The van der Waals surface area contributed by atoms with Crippen LogP contribution in [0.1, 0.15) is 42.3 Å². The molecule has 0 aliphatic carbocycles. The molecule has 5 heteroatoms. The Morgan fingerprint density at radius 3 is 2.68 bits per heavy atom. The minimum atomic E-state index is 0.185. The van der Waals surface area contributed by atoms with Gasteiger partial charge in [-0.1, -0.05) is 48.0 Å². The van der Waals surface area contributed by atoms with Crippen LogP contribution in [0, 0.1) is 6.92 Å². The van der Waals surface area contributed by atoms with E-state index in [0.717, 1.165) is 37.3 Å². The molecule has 0 atom stereocenters. The zero-order valence-corrected chi connectivity index (χ0v) is 17.8. The molecule has 0 bridgehead atoms. The number of carbonyl (C=O) groups is 1. The quantitative estimate of drug-likeness (QED) is 0.472. The lowest BCUT2D eigenvalue weighted by atomic mass is 9.93. The molecule has 1 fully saturated rings. The number of nitrogens with zero attached hydrogens (tertiary/aromatic N) is 2. The molecule has 2 aromatic carbocycles. The Bertz CT molecular complexity index is 1150. The van der Waals surface area contributed by atoms with Crippen molar-refractivity contribution in [1.82, 2.24) is 14.9 Å². The maximum absolute atomic E-state index is 12.7. The number of amides is 1. The number of piperidine rings is 1. The van der Waals surface area contributed by atoms with Gasteiger partial charge in [-0.2, -0.15) is 0 Å². The first-order valence-corrected chi connectivity index (χ1v) is 11.0. The van der Waals surface area contributed by atoms with Gasteiger partial charge in [-0.25, -0.2) is 4.98 Å². The second-order valence-corrected chi connectivity index (χ2v) is 8.45. The Morgan fingerprint density at radius 2 is 1.90 bits per heavy atom. The van der Waals surface area contributed by atoms with E-state index in [1.54, 1.807) is 6.20 Å². The second-order valence-electron chi connectivity index (χ2n) is 8.45. The van der Waals surface area contributed by atoms with Crippen molar-refractivity contribution in [2.75, 3.05) is 13.1 Å². The smallest absolute Gasteiger partial charge is 0.223 e. The summed E-state index contributed by atoms with van der Waals surface area (Å²) in [5.74, 6) is 2.05. The molecule has 0 unspecified atom stereocenters. The Balaban J connectivity index is 1.14. The summed E-state index contributed by atoms with van der Waals surface area (Å²) in [6.45, 7) is 3.67. The van der Waals surface area contributed by atoms with Gasteiger partial charge >= 0.3 is 0 Å². The number of likely N-dealkylation sites (tertiary alicyclic amines) is 1. The van der Waals surface area contributed by atoms with Crippen LogP contribution in [-0.2, 0) is 11.2 Å². The van der Waals surface area contributed by atoms with E-state index in [2.05, 4.69) is 59.4 Å². The topological polar surface area (TPSA) is 62.1 Å². The van der Waals surface area contributed by atoms with Gasteiger partial charge in [0.05, 0.1) is 6.20 Å². The number of rotatable bonds is 5. The first-order chi connectivity index (χ1) is 15.2. The lowest BCUT2D eigenvalue weighted by Gasteiger charge is -2.31. The van der Waals surface area contributed by atoms with E-state index >= 15 is 0 Å². The molecule has 0 saturated carbocycles. The van der Waals surface area contributed by atoms with E-state index in [0.29, 0.717) is 24.7 Å². The zero-order chi connectivity index (χ0) is 21.2. The number of fused-ring (bicyclic) bond motifs is 1. The van der Waals surface area contributed by atoms with Crippen molar-refractivity contribution in [2.45, 2.75) is 38.5 Å². The number of aromatic amines is 1. The van der Waals surface area contributed by atoms with Gasteiger partial charge in [-0.3, -0.25) is 4.79 Å². The predicted molar refractivity (Wildman–Crippen MR) is 122 cm³/mol. The van der Waals surface area contributed by atoms with Crippen molar-refractivity contribution in [3.05, 3.63) is 77.9 Å². The monoisotopic (exact) mass is 413 g/mol. The molecule has 0 spiro atoms. The number of aromatic nitrogens is 2. The van der Waals surface area contributed by atoms with Gasteiger partial charge in [0.15, 0.2) is 11.7 Å². The molecular weight excluding hydrogens is 386 g/mol. The molecule has 1 saturated heterocycles. The normalized spacial score (nSPS) is 14.9. The van der Waals surface area contributed by atoms with Crippen molar-refractivity contribution in [3.8, 4) is 11.3 Å². The highest BCUT2D eigenvalue weighted by Crippen LogP contribution is 2.30. The first-order valence-electron chi connectivity index (χ1n) is 11.0. The van der Waals surface area contributed by atoms with E-state index in [-0.39, 0.29) is 5.91 Å². The average Bonchev–Trinajstić information content (AvgIpc) is 3.45. The molecule has 1 N–H and O–H groups in total. The number of oxazole rings is 1. The van der Waals surface area contributed by atoms with Crippen molar-refractivity contribution in [1.29, 1.82) is 0 Å². The van der Waals surface area contributed by atoms with E-state index in [9.17, 15) is 4.79 Å². The maximum Gasteiger partial charge on any atom is 0.223 e. The molecule has 2 aromatic heterocycles.